The van der Waals surface area contributed by atoms with Gasteiger partial charge in [0.15, 0.2) is 0 Å². The van der Waals surface area contributed by atoms with Crippen LogP contribution in [0.1, 0.15) is 23.2 Å². The summed E-state index contributed by atoms with van der Waals surface area (Å²) in [6.45, 7) is 1.54. The minimum atomic E-state index is -0.230. The van der Waals surface area contributed by atoms with Gasteiger partial charge in [-0.25, -0.2) is 0 Å². The van der Waals surface area contributed by atoms with Gasteiger partial charge in [0.25, 0.3) is 5.91 Å². The van der Waals surface area contributed by atoms with Crippen LogP contribution in [-0.4, -0.2) is 54.8 Å². The first-order valence-electron chi connectivity index (χ1n) is 7.80. The van der Waals surface area contributed by atoms with Crippen LogP contribution in [0.3, 0.4) is 0 Å². The van der Waals surface area contributed by atoms with Crippen molar-refractivity contribution < 1.29 is 14.4 Å². The summed E-state index contributed by atoms with van der Waals surface area (Å²) in [6, 6.07) is 7.22. The maximum atomic E-state index is 12.2. The first-order chi connectivity index (χ1) is 11.1. The van der Waals surface area contributed by atoms with E-state index < -0.39 is 0 Å². The number of carbonyl (C=O) groups is 3. The highest BCUT2D eigenvalue weighted by Crippen LogP contribution is 2.21. The lowest BCUT2D eigenvalue weighted by atomic mass is 10.1. The quantitative estimate of drug-likeness (QED) is 0.710. The van der Waals surface area contributed by atoms with E-state index in [1.807, 2.05) is 0 Å². The number of nitrogens with one attached hydrogen (secondary N) is 3. The van der Waals surface area contributed by atoms with Gasteiger partial charge in [-0.3, -0.25) is 19.3 Å². The van der Waals surface area contributed by atoms with Crippen LogP contribution in [-0.2, 0) is 9.59 Å². The average molecular weight is 316 g/mol. The highest BCUT2D eigenvalue weighted by atomic mass is 16.2. The standard InChI is InChI=1S/C16H20N4O3/c21-14-9-20(8-7-17-14)10-15(22)19-13-4-2-1-3-12(13)16(23)18-11-5-6-11/h1-4,11H,5-10H2,(H,17,21)(H,18,23)(H,19,22). The third-order valence-corrected chi connectivity index (χ3v) is 3.84. The van der Waals surface area contributed by atoms with Crippen molar-refractivity contribution in [1.29, 1.82) is 0 Å². The molecule has 2 fully saturated rings. The molecule has 3 N–H and O–H groups in total. The summed E-state index contributed by atoms with van der Waals surface area (Å²) in [5.74, 6) is -0.472. The normalized spacial score (nSPS) is 18.2. The Labute approximate surface area is 134 Å². The molecule has 1 aliphatic carbocycles. The molecule has 1 saturated heterocycles. The van der Waals surface area contributed by atoms with E-state index in [2.05, 4.69) is 16.0 Å². The molecular weight excluding hydrogens is 296 g/mol. The minimum Gasteiger partial charge on any atom is -0.354 e. The molecule has 7 heteroatoms. The molecule has 0 aromatic heterocycles. The number of carbonyl (C=O) groups excluding carboxylic acids is 3. The summed E-state index contributed by atoms with van der Waals surface area (Å²) >= 11 is 0. The van der Waals surface area contributed by atoms with Gasteiger partial charge in [0, 0.05) is 19.1 Å². The topological polar surface area (TPSA) is 90.5 Å². The molecule has 0 unspecified atom stereocenters. The van der Waals surface area contributed by atoms with Crippen molar-refractivity contribution in [2.45, 2.75) is 18.9 Å². The monoisotopic (exact) mass is 316 g/mol. The smallest absolute Gasteiger partial charge is 0.253 e. The van der Waals surface area contributed by atoms with Crippen LogP contribution in [0.25, 0.3) is 0 Å². The second kappa shape index (κ2) is 6.78. The van der Waals surface area contributed by atoms with Crippen molar-refractivity contribution >= 4 is 23.4 Å². The molecule has 0 atom stereocenters. The van der Waals surface area contributed by atoms with Gasteiger partial charge < -0.3 is 16.0 Å². The molecule has 1 heterocycles. The van der Waals surface area contributed by atoms with Gasteiger partial charge in [-0.15, -0.1) is 0 Å². The Balaban J connectivity index is 1.61. The number of benzene rings is 1. The summed E-state index contributed by atoms with van der Waals surface area (Å²) in [5, 5.41) is 8.41. The molecule has 1 aliphatic heterocycles. The Hall–Kier alpha value is -2.41. The van der Waals surface area contributed by atoms with Gasteiger partial charge in [-0.2, -0.15) is 0 Å². The second-order valence-corrected chi connectivity index (χ2v) is 5.90. The third-order valence-electron chi connectivity index (χ3n) is 3.84. The number of piperazine rings is 1. The predicted octanol–water partition coefficient (Wildman–Crippen LogP) is -0.0509. The first-order valence-corrected chi connectivity index (χ1v) is 7.80. The van der Waals surface area contributed by atoms with Crippen molar-refractivity contribution in [3.8, 4) is 0 Å². The van der Waals surface area contributed by atoms with E-state index in [4.69, 9.17) is 0 Å². The summed E-state index contributed by atoms with van der Waals surface area (Å²) in [5.41, 5.74) is 0.959. The summed E-state index contributed by atoms with van der Waals surface area (Å²) in [7, 11) is 0. The fourth-order valence-electron chi connectivity index (χ4n) is 2.50. The Morgan fingerprint density at radius 2 is 2.04 bits per heavy atom. The van der Waals surface area contributed by atoms with E-state index in [1.54, 1.807) is 29.2 Å². The highest BCUT2D eigenvalue weighted by molar-refractivity contribution is 6.04. The Morgan fingerprint density at radius 3 is 2.78 bits per heavy atom. The van der Waals surface area contributed by atoms with Crippen LogP contribution >= 0.6 is 0 Å². The third kappa shape index (κ3) is 4.29. The van der Waals surface area contributed by atoms with E-state index >= 15 is 0 Å². The van der Waals surface area contributed by atoms with Crippen molar-refractivity contribution in [2.24, 2.45) is 0 Å². The molecule has 0 spiro atoms. The van der Waals surface area contributed by atoms with Crippen LogP contribution in [0.15, 0.2) is 24.3 Å². The van der Waals surface area contributed by atoms with Crippen LogP contribution in [0, 0.1) is 0 Å². The summed E-state index contributed by atoms with van der Waals surface area (Å²) in [4.78, 5) is 37.5. The van der Waals surface area contributed by atoms with Crippen molar-refractivity contribution in [2.75, 3.05) is 31.5 Å². The summed E-state index contributed by atoms with van der Waals surface area (Å²) in [6.07, 6.45) is 2.02. The van der Waals surface area contributed by atoms with E-state index in [0.717, 1.165) is 12.8 Å². The average Bonchev–Trinajstić information content (AvgIpc) is 3.31. The number of para-hydroxylation sites is 1. The van der Waals surface area contributed by atoms with Gasteiger partial charge in [0.1, 0.15) is 0 Å². The molecule has 2 aliphatic rings. The molecule has 3 rings (SSSR count). The largest absolute Gasteiger partial charge is 0.354 e. The van der Waals surface area contributed by atoms with Crippen LogP contribution in [0.2, 0.25) is 0 Å². The zero-order valence-electron chi connectivity index (χ0n) is 12.8. The second-order valence-electron chi connectivity index (χ2n) is 5.90. The van der Waals surface area contributed by atoms with E-state index in [-0.39, 0.29) is 36.9 Å². The molecule has 122 valence electrons. The number of rotatable bonds is 5. The lowest BCUT2D eigenvalue weighted by Gasteiger charge is -2.25. The molecule has 23 heavy (non-hydrogen) atoms. The molecule has 1 saturated carbocycles. The number of amides is 3. The van der Waals surface area contributed by atoms with E-state index in [0.29, 0.717) is 24.3 Å². The van der Waals surface area contributed by atoms with Gasteiger partial charge >= 0.3 is 0 Å². The Kier molecular flexibility index (Phi) is 4.57. The number of hydrogen-bond donors (Lipinski definition) is 3. The fourth-order valence-corrected chi connectivity index (χ4v) is 2.50. The van der Waals surface area contributed by atoms with Crippen molar-refractivity contribution in [1.82, 2.24) is 15.5 Å². The number of nitrogens with zero attached hydrogens (tertiary/aromatic N) is 1. The Morgan fingerprint density at radius 1 is 1.26 bits per heavy atom. The molecular formula is C16H20N4O3. The summed E-state index contributed by atoms with van der Waals surface area (Å²) < 4.78 is 0. The molecule has 0 radical (unpaired) electrons. The van der Waals surface area contributed by atoms with Crippen LogP contribution in [0.5, 0.6) is 0 Å². The molecule has 7 nitrogen and oxygen atoms in total. The lowest BCUT2D eigenvalue weighted by Crippen LogP contribution is -2.49. The molecule has 1 aromatic rings. The van der Waals surface area contributed by atoms with Crippen molar-refractivity contribution in [3.63, 3.8) is 0 Å². The number of hydrogen-bond acceptors (Lipinski definition) is 4. The maximum absolute atomic E-state index is 12.2. The van der Waals surface area contributed by atoms with Gasteiger partial charge in [-0.05, 0) is 25.0 Å². The minimum absolute atomic E-state index is 0.0757. The molecule has 3 amide bonds. The molecule has 0 bridgehead atoms. The lowest BCUT2D eigenvalue weighted by molar-refractivity contribution is -0.125. The SMILES string of the molecule is O=C1CN(CC(=O)Nc2ccccc2C(=O)NC2CC2)CCN1. The predicted molar refractivity (Wildman–Crippen MR) is 85.0 cm³/mol. The van der Waals surface area contributed by atoms with Gasteiger partial charge in [-0.1, -0.05) is 12.1 Å². The fraction of sp³-hybridized carbons (Fsp3) is 0.438. The maximum Gasteiger partial charge on any atom is 0.253 e. The van der Waals surface area contributed by atoms with Crippen LogP contribution < -0.4 is 16.0 Å². The van der Waals surface area contributed by atoms with Crippen LogP contribution in [0.4, 0.5) is 5.69 Å². The Bertz CT molecular complexity index is 628. The van der Waals surface area contributed by atoms with Gasteiger partial charge in [0.05, 0.1) is 24.3 Å². The first kappa shape index (κ1) is 15.5. The van der Waals surface area contributed by atoms with E-state index in [9.17, 15) is 14.4 Å². The molecule has 1 aromatic carbocycles. The van der Waals surface area contributed by atoms with E-state index in [1.165, 1.54) is 0 Å². The highest BCUT2D eigenvalue weighted by Gasteiger charge is 2.25. The number of anilines is 1. The van der Waals surface area contributed by atoms with Gasteiger partial charge in [0.2, 0.25) is 11.8 Å². The zero-order chi connectivity index (χ0) is 16.2. The van der Waals surface area contributed by atoms with Crippen molar-refractivity contribution in [3.05, 3.63) is 29.8 Å². The zero-order valence-corrected chi connectivity index (χ0v) is 12.8.